The first-order valence-electron chi connectivity index (χ1n) is 6.71. The van der Waals surface area contributed by atoms with Crippen molar-refractivity contribution >= 4 is 29.4 Å². The van der Waals surface area contributed by atoms with Crippen LogP contribution in [-0.4, -0.2) is 22.9 Å². The van der Waals surface area contributed by atoms with Gasteiger partial charge in [0, 0.05) is 17.1 Å². The van der Waals surface area contributed by atoms with Crippen LogP contribution < -0.4 is 9.54 Å². The molecule has 2 aromatic rings. The predicted molar refractivity (Wildman–Crippen MR) is 89.0 cm³/mol. The van der Waals surface area contributed by atoms with Crippen LogP contribution >= 0.6 is 23.7 Å². The molecule has 21 heavy (non-hydrogen) atoms. The number of aliphatic hydroxyl groups is 1. The van der Waals surface area contributed by atoms with Gasteiger partial charge in [-0.25, -0.2) is 4.99 Å². The van der Waals surface area contributed by atoms with Crippen LogP contribution in [0.25, 0.3) is 0 Å². The zero-order chi connectivity index (χ0) is 14.5. The van der Waals surface area contributed by atoms with Crippen LogP contribution in [0.4, 0.5) is 5.69 Å². The summed E-state index contributed by atoms with van der Waals surface area (Å²) in [5.74, 6) is 0.855. The Kier molecular flexibility index (Phi) is 6.95. The van der Waals surface area contributed by atoms with Crippen LogP contribution in [0, 0.1) is 13.8 Å². The standard InChI is InChI=1S/C15H20N2O2S.ClH/c1-4-19-14-7-5-13(6-8-14)16-15-17(9-10-18)11(2)12(3)20-15;/h5-8,18H,4,9-10H2,1-3H3;1H/b16-15+;. The van der Waals surface area contributed by atoms with Crippen molar-refractivity contribution in [1.82, 2.24) is 4.57 Å². The molecule has 1 N–H and O–H groups in total. The molecular weight excluding hydrogens is 308 g/mol. The Bertz CT molecular complexity index is 632. The number of aromatic nitrogens is 1. The van der Waals surface area contributed by atoms with Crippen LogP contribution in [0.2, 0.25) is 0 Å². The first kappa shape index (κ1) is 17.8. The number of nitrogens with zero attached hydrogens (tertiary/aromatic N) is 2. The third-order valence-electron chi connectivity index (χ3n) is 3.09. The molecule has 6 heteroatoms. The molecule has 2 rings (SSSR count). The summed E-state index contributed by atoms with van der Waals surface area (Å²) in [5.41, 5.74) is 2.05. The molecule has 1 heterocycles. The number of rotatable bonds is 5. The van der Waals surface area contributed by atoms with E-state index >= 15 is 0 Å². The number of ether oxygens (including phenoxy) is 1. The summed E-state index contributed by atoms with van der Waals surface area (Å²) in [6.07, 6.45) is 0. The summed E-state index contributed by atoms with van der Waals surface area (Å²) in [4.78, 5) is 6.80. The van der Waals surface area contributed by atoms with Crippen molar-refractivity contribution in [2.45, 2.75) is 27.3 Å². The number of thiazole rings is 1. The van der Waals surface area contributed by atoms with E-state index in [0.29, 0.717) is 13.2 Å². The largest absolute Gasteiger partial charge is 0.494 e. The Morgan fingerprint density at radius 2 is 1.90 bits per heavy atom. The van der Waals surface area contributed by atoms with E-state index < -0.39 is 0 Å². The maximum absolute atomic E-state index is 9.16. The highest BCUT2D eigenvalue weighted by Gasteiger charge is 2.05. The highest BCUT2D eigenvalue weighted by atomic mass is 35.5. The van der Waals surface area contributed by atoms with Gasteiger partial charge >= 0.3 is 0 Å². The molecule has 0 aliphatic heterocycles. The van der Waals surface area contributed by atoms with Crippen LogP contribution in [0.5, 0.6) is 5.75 Å². The van der Waals surface area contributed by atoms with Crippen molar-refractivity contribution in [3.63, 3.8) is 0 Å². The minimum Gasteiger partial charge on any atom is -0.494 e. The summed E-state index contributed by atoms with van der Waals surface area (Å²) in [5, 5.41) is 9.16. The summed E-state index contributed by atoms with van der Waals surface area (Å²) in [6, 6.07) is 7.73. The first-order valence-corrected chi connectivity index (χ1v) is 7.52. The van der Waals surface area contributed by atoms with E-state index in [1.165, 1.54) is 4.88 Å². The number of halogens is 1. The smallest absolute Gasteiger partial charge is 0.190 e. The normalized spacial score (nSPS) is 11.3. The van der Waals surface area contributed by atoms with Crippen molar-refractivity contribution in [2.24, 2.45) is 4.99 Å². The Balaban J connectivity index is 0.00000220. The highest BCUT2D eigenvalue weighted by molar-refractivity contribution is 7.09. The van der Waals surface area contributed by atoms with Gasteiger partial charge in [-0.05, 0) is 45.0 Å². The molecule has 1 aromatic heterocycles. The lowest BCUT2D eigenvalue weighted by molar-refractivity contribution is 0.273. The van der Waals surface area contributed by atoms with Gasteiger partial charge in [-0.3, -0.25) is 0 Å². The molecule has 0 spiro atoms. The monoisotopic (exact) mass is 328 g/mol. The van der Waals surface area contributed by atoms with Crippen molar-refractivity contribution in [3.8, 4) is 5.75 Å². The van der Waals surface area contributed by atoms with Crippen LogP contribution in [-0.2, 0) is 6.54 Å². The molecule has 0 fully saturated rings. The van der Waals surface area contributed by atoms with Crippen LogP contribution in [0.1, 0.15) is 17.5 Å². The summed E-state index contributed by atoms with van der Waals surface area (Å²) < 4.78 is 7.47. The van der Waals surface area contributed by atoms with E-state index in [1.54, 1.807) is 11.3 Å². The second-order valence-electron chi connectivity index (χ2n) is 4.44. The third kappa shape index (κ3) is 4.33. The maximum atomic E-state index is 9.16. The Hall–Kier alpha value is -1.30. The summed E-state index contributed by atoms with van der Waals surface area (Å²) in [6.45, 7) is 7.45. The van der Waals surface area contributed by atoms with Gasteiger partial charge in [0.1, 0.15) is 5.75 Å². The molecule has 0 amide bonds. The molecule has 116 valence electrons. The third-order valence-corrected chi connectivity index (χ3v) is 4.18. The Morgan fingerprint density at radius 1 is 1.24 bits per heavy atom. The van der Waals surface area contributed by atoms with E-state index in [9.17, 15) is 0 Å². The van der Waals surface area contributed by atoms with Gasteiger partial charge < -0.3 is 14.4 Å². The quantitative estimate of drug-likeness (QED) is 0.916. The summed E-state index contributed by atoms with van der Waals surface area (Å²) in [7, 11) is 0. The minimum absolute atomic E-state index is 0. The molecule has 0 aliphatic rings. The molecule has 0 bridgehead atoms. The van der Waals surface area contributed by atoms with Gasteiger partial charge in [-0.2, -0.15) is 0 Å². The van der Waals surface area contributed by atoms with Gasteiger partial charge in [-0.1, -0.05) is 0 Å². The lowest BCUT2D eigenvalue weighted by Gasteiger charge is -2.04. The van der Waals surface area contributed by atoms with Crippen molar-refractivity contribution in [1.29, 1.82) is 0 Å². The first-order chi connectivity index (χ1) is 9.65. The fourth-order valence-corrected chi connectivity index (χ4v) is 2.96. The molecule has 0 saturated carbocycles. The zero-order valence-corrected chi connectivity index (χ0v) is 14.1. The van der Waals surface area contributed by atoms with Crippen molar-refractivity contribution in [2.75, 3.05) is 13.2 Å². The molecule has 4 nitrogen and oxygen atoms in total. The Morgan fingerprint density at radius 3 is 2.48 bits per heavy atom. The number of aliphatic hydroxyl groups excluding tert-OH is 1. The molecule has 0 radical (unpaired) electrons. The second-order valence-corrected chi connectivity index (χ2v) is 5.62. The van der Waals surface area contributed by atoms with Gasteiger partial charge in [0.15, 0.2) is 4.80 Å². The van der Waals surface area contributed by atoms with Crippen molar-refractivity contribution < 1.29 is 9.84 Å². The number of hydrogen-bond acceptors (Lipinski definition) is 4. The van der Waals surface area contributed by atoms with Crippen molar-refractivity contribution in [3.05, 3.63) is 39.6 Å². The zero-order valence-electron chi connectivity index (χ0n) is 12.5. The average Bonchev–Trinajstić information content (AvgIpc) is 2.70. The lowest BCUT2D eigenvalue weighted by Crippen LogP contribution is -2.18. The highest BCUT2D eigenvalue weighted by Crippen LogP contribution is 2.18. The number of benzene rings is 1. The number of hydrogen-bond donors (Lipinski definition) is 1. The van der Waals surface area contributed by atoms with Gasteiger partial charge in [0.25, 0.3) is 0 Å². The minimum atomic E-state index is 0. The fourth-order valence-electron chi connectivity index (χ4n) is 1.94. The second kappa shape index (κ2) is 8.22. The van der Waals surface area contributed by atoms with Gasteiger partial charge in [0.05, 0.1) is 18.9 Å². The van der Waals surface area contributed by atoms with E-state index in [0.717, 1.165) is 21.9 Å². The van der Waals surface area contributed by atoms with E-state index in [2.05, 4.69) is 23.4 Å². The Labute approximate surface area is 135 Å². The molecule has 0 saturated heterocycles. The topological polar surface area (TPSA) is 46.8 Å². The van der Waals surface area contributed by atoms with Crippen LogP contribution in [0.15, 0.2) is 29.3 Å². The van der Waals surface area contributed by atoms with Crippen LogP contribution in [0.3, 0.4) is 0 Å². The van der Waals surface area contributed by atoms with E-state index in [4.69, 9.17) is 9.84 Å². The van der Waals surface area contributed by atoms with E-state index in [-0.39, 0.29) is 19.0 Å². The molecule has 1 aromatic carbocycles. The average molecular weight is 329 g/mol. The maximum Gasteiger partial charge on any atom is 0.190 e. The molecule has 0 atom stereocenters. The molecule has 0 unspecified atom stereocenters. The fraction of sp³-hybridized carbons (Fsp3) is 0.400. The predicted octanol–water partition coefficient (Wildman–Crippen LogP) is 3.21. The van der Waals surface area contributed by atoms with E-state index in [1.807, 2.05) is 31.2 Å². The molecular formula is C15H21ClN2O2S. The summed E-state index contributed by atoms with van der Waals surface area (Å²) >= 11 is 1.64. The number of aryl methyl sites for hydroxylation is 1. The van der Waals surface area contributed by atoms with Gasteiger partial charge in [-0.15, -0.1) is 23.7 Å². The SMILES string of the molecule is CCOc1ccc(/N=c2/sc(C)c(C)n2CCO)cc1.Cl. The van der Waals surface area contributed by atoms with Gasteiger partial charge in [0.2, 0.25) is 0 Å². The molecule has 0 aliphatic carbocycles. The lowest BCUT2D eigenvalue weighted by atomic mass is 10.3.